The molecular formula is C24H24N4O5. The average Bonchev–Trinajstić information content (AvgIpc) is 3.19. The Morgan fingerprint density at radius 2 is 1.97 bits per heavy atom. The van der Waals surface area contributed by atoms with Gasteiger partial charge < -0.3 is 24.9 Å². The smallest absolute Gasteiger partial charge is 0.335 e. The molecule has 1 aliphatic rings. The van der Waals surface area contributed by atoms with Crippen LogP contribution in [-0.2, 0) is 6.42 Å². The van der Waals surface area contributed by atoms with Crippen molar-refractivity contribution < 1.29 is 14.6 Å². The van der Waals surface area contributed by atoms with Gasteiger partial charge in [-0.2, -0.15) is 0 Å². The quantitative estimate of drug-likeness (QED) is 0.372. The van der Waals surface area contributed by atoms with E-state index in [4.69, 9.17) is 9.47 Å². The van der Waals surface area contributed by atoms with Gasteiger partial charge in [0, 0.05) is 23.1 Å². The van der Waals surface area contributed by atoms with Crippen molar-refractivity contribution in [2.75, 3.05) is 20.3 Å². The number of para-hydroxylation sites is 2. The molecule has 9 nitrogen and oxygen atoms in total. The molecule has 9 heteroatoms. The molecule has 0 saturated heterocycles. The van der Waals surface area contributed by atoms with Crippen LogP contribution in [-0.4, -0.2) is 39.9 Å². The predicted octanol–water partition coefficient (Wildman–Crippen LogP) is 2.36. The standard InChI is InChI=1S/C24H24N4O5/c1-3-33-18-7-5-4-6-17(18)28-23(30)19(22(29)27-24(28)31)21-20-14(10-11-25-21)15-12-13(32-2)8-9-16(15)26-20/h4-9,12,21,25-26,30H,3,10-11H2,1-2H3,(H,27,29,31)/t21-/m0/s1. The molecule has 2 aromatic carbocycles. The first-order valence-corrected chi connectivity index (χ1v) is 10.8. The highest BCUT2D eigenvalue weighted by atomic mass is 16.5. The fraction of sp³-hybridized carbons (Fsp3) is 0.250. The van der Waals surface area contributed by atoms with E-state index >= 15 is 0 Å². The van der Waals surface area contributed by atoms with Crippen LogP contribution in [0, 0.1) is 0 Å². The van der Waals surface area contributed by atoms with E-state index in [-0.39, 0.29) is 5.56 Å². The SMILES string of the molecule is CCOc1ccccc1-n1c(O)c([C@@H]2NCCc3c2[nH]c2ccc(OC)cc32)c(=O)[nH]c1=O. The van der Waals surface area contributed by atoms with Crippen molar-refractivity contribution in [2.24, 2.45) is 0 Å². The van der Waals surface area contributed by atoms with Crippen molar-refractivity contribution in [3.05, 3.63) is 80.1 Å². The maximum absolute atomic E-state index is 12.9. The number of methoxy groups -OCH3 is 1. The van der Waals surface area contributed by atoms with Gasteiger partial charge >= 0.3 is 5.69 Å². The summed E-state index contributed by atoms with van der Waals surface area (Å²) < 4.78 is 12.1. The summed E-state index contributed by atoms with van der Waals surface area (Å²) in [6, 6.07) is 12.0. The van der Waals surface area contributed by atoms with Gasteiger partial charge in [-0.15, -0.1) is 0 Å². The largest absolute Gasteiger partial charge is 0.497 e. The van der Waals surface area contributed by atoms with Crippen LogP contribution in [0.3, 0.4) is 0 Å². The van der Waals surface area contributed by atoms with E-state index in [0.29, 0.717) is 24.6 Å². The van der Waals surface area contributed by atoms with Gasteiger partial charge in [0.15, 0.2) is 0 Å². The van der Waals surface area contributed by atoms with Gasteiger partial charge in [0.1, 0.15) is 17.1 Å². The van der Waals surface area contributed by atoms with Gasteiger partial charge in [0.25, 0.3) is 5.56 Å². The zero-order valence-corrected chi connectivity index (χ0v) is 18.3. The Balaban J connectivity index is 1.72. The molecule has 0 fully saturated rings. The number of hydrogen-bond donors (Lipinski definition) is 4. The summed E-state index contributed by atoms with van der Waals surface area (Å²) >= 11 is 0. The number of nitrogens with one attached hydrogen (secondary N) is 3. The highest BCUT2D eigenvalue weighted by Gasteiger charge is 2.31. The van der Waals surface area contributed by atoms with E-state index in [1.807, 2.05) is 25.1 Å². The van der Waals surface area contributed by atoms with Crippen molar-refractivity contribution in [3.8, 4) is 23.1 Å². The number of aromatic nitrogens is 3. The molecule has 0 spiro atoms. The van der Waals surface area contributed by atoms with Crippen LogP contribution in [0.15, 0.2) is 52.1 Å². The first-order valence-electron chi connectivity index (χ1n) is 10.8. The second kappa shape index (κ2) is 8.18. The molecule has 0 bridgehead atoms. The van der Waals surface area contributed by atoms with Gasteiger partial charge in [-0.3, -0.25) is 9.78 Å². The van der Waals surface area contributed by atoms with Crippen molar-refractivity contribution in [3.63, 3.8) is 0 Å². The molecule has 0 saturated carbocycles. The first-order chi connectivity index (χ1) is 16.0. The third-order valence-corrected chi connectivity index (χ3v) is 5.97. The monoisotopic (exact) mass is 448 g/mol. The molecule has 2 aromatic heterocycles. The van der Waals surface area contributed by atoms with Crippen molar-refractivity contribution in [1.82, 2.24) is 19.9 Å². The average molecular weight is 448 g/mol. The number of rotatable bonds is 5. The zero-order valence-electron chi connectivity index (χ0n) is 18.3. The summed E-state index contributed by atoms with van der Waals surface area (Å²) in [4.78, 5) is 31.4. The normalized spacial score (nSPS) is 15.4. The lowest BCUT2D eigenvalue weighted by Crippen LogP contribution is -2.38. The Labute approximate surface area is 188 Å². The molecule has 1 atom stereocenters. The minimum absolute atomic E-state index is 0.0559. The van der Waals surface area contributed by atoms with Gasteiger partial charge in [-0.1, -0.05) is 12.1 Å². The Bertz CT molecular complexity index is 1470. The molecule has 3 heterocycles. The van der Waals surface area contributed by atoms with Crippen LogP contribution in [0.1, 0.15) is 29.8 Å². The molecule has 170 valence electrons. The molecule has 0 aliphatic carbocycles. The number of hydrogen-bond acceptors (Lipinski definition) is 6. The predicted molar refractivity (Wildman–Crippen MR) is 124 cm³/mol. The number of benzene rings is 2. The van der Waals surface area contributed by atoms with Crippen LogP contribution in [0.5, 0.6) is 17.4 Å². The fourth-order valence-corrected chi connectivity index (χ4v) is 4.52. The lowest BCUT2D eigenvalue weighted by atomic mass is 9.95. The number of ether oxygens (including phenoxy) is 2. The Morgan fingerprint density at radius 3 is 2.76 bits per heavy atom. The van der Waals surface area contributed by atoms with E-state index in [2.05, 4.69) is 15.3 Å². The summed E-state index contributed by atoms with van der Waals surface area (Å²) in [6.07, 6.45) is 0.741. The Morgan fingerprint density at radius 1 is 1.15 bits per heavy atom. The van der Waals surface area contributed by atoms with E-state index in [0.717, 1.165) is 38.9 Å². The highest BCUT2D eigenvalue weighted by molar-refractivity contribution is 5.86. The number of aromatic amines is 2. The molecule has 0 unspecified atom stereocenters. The summed E-state index contributed by atoms with van der Waals surface area (Å²) in [5, 5.41) is 15.6. The summed E-state index contributed by atoms with van der Waals surface area (Å²) in [5.41, 5.74) is 1.72. The van der Waals surface area contributed by atoms with Gasteiger partial charge in [0.05, 0.1) is 25.4 Å². The van der Waals surface area contributed by atoms with E-state index in [1.54, 1.807) is 31.4 Å². The lowest BCUT2D eigenvalue weighted by Gasteiger charge is -2.25. The zero-order chi connectivity index (χ0) is 23.1. The first kappa shape index (κ1) is 20.9. The maximum Gasteiger partial charge on any atom is 0.335 e. The summed E-state index contributed by atoms with van der Waals surface area (Å²) in [5.74, 6) is 0.726. The van der Waals surface area contributed by atoms with Gasteiger partial charge in [-0.05, 0) is 49.2 Å². The van der Waals surface area contributed by atoms with Crippen LogP contribution in [0.25, 0.3) is 16.6 Å². The van der Waals surface area contributed by atoms with E-state index in [9.17, 15) is 14.7 Å². The fourth-order valence-electron chi connectivity index (χ4n) is 4.52. The molecule has 33 heavy (non-hydrogen) atoms. The number of aromatic hydroxyl groups is 1. The minimum atomic E-state index is -0.745. The maximum atomic E-state index is 12.9. The second-order valence-corrected chi connectivity index (χ2v) is 7.80. The molecule has 1 aliphatic heterocycles. The van der Waals surface area contributed by atoms with E-state index in [1.165, 1.54) is 0 Å². The summed E-state index contributed by atoms with van der Waals surface area (Å²) in [7, 11) is 1.62. The number of nitrogens with zero attached hydrogens (tertiary/aromatic N) is 1. The van der Waals surface area contributed by atoms with Gasteiger partial charge in [0.2, 0.25) is 5.88 Å². The van der Waals surface area contributed by atoms with Crippen LogP contribution >= 0.6 is 0 Å². The number of H-pyrrole nitrogens is 2. The van der Waals surface area contributed by atoms with Crippen LogP contribution in [0.2, 0.25) is 0 Å². The number of fused-ring (bicyclic) bond motifs is 3. The molecule has 0 radical (unpaired) electrons. The summed E-state index contributed by atoms with van der Waals surface area (Å²) in [6.45, 7) is 2.81. The van der Waals surface area contributed by atoms with Crippen LogP contribution in [0.4, 0.5) is 0 Å². The third-order valence-electron chi connectivity index (χ3n) is 5.97. The molecule has 4 aromatic rings. The Kier molecular flexibility index (Phi) is 5.18. The molecule has 0 amide bonds. The van der Waals surface area contributed by atoms with Crippen molar-refractivity contribution >= 4 is 10.9 Å². The van der Waals surface area contributed by atoms with Crippen LogP contribution < -0.4 is 26.0 Å². The molecular weight excluding hydrogens is 424 g/mol. The van der Waals surface area contributed by atoms with Gasteiger partial charge in [-0.25, -0.2) is 9.36 Å². The minimum Gasteiger partial charge on any atom is -0.497 e. The van der Waals surface area contributed by atoms with E-state index < -0.39 is 23.2 Å². The third kappa shape index (κ3) is 3.37. The topological polar surface area (TPSA) is 121 Å². The molecule has 4 N–H and O–H groups in total. The Hall–Kier alpha value is -3.98. The second-order valence-electron chi connectivity index (χ2n) is 7.80. The molecule has 5 rings (SSSR count). The van der Waals surface area contributed by atoms with Crippen molar-refractivity contribution in [2.45, 2.75) is 19.4 Å². The van der Waals surface area contributed by atoms with Crippen molar-refractivity contribution in [1.29, 1.82) is 0 Å². The lowest BCUT2D eigenvalue weighted by molar-refractivity contribution is 0.336. The highest BCUT2D eigenvalue weighted by Crippen LogP contribution is 2.37.